The molecule has 0 bridgehead atoms. The molecule has 0 radical (unpaired) electrons. The zero-order chi connectivity index (χ0) is 42.8. The van der Waals surface area contributed by atoms with E-state index in [1.165, 1.54) is 60.3 Å². The van der Waals surface area contributed by atoms with Crippen molar-refractivity contribution in [1.82, 2.24) is 28.7 Å². The summed E-state index contributed by atoms with van der Waals surface area (Å²) in [5.74, 6) is 1.58. The van der Waals surface area contributed by atoms with Crippen LogP contribution in [0.4, 0.5) is 0 Å². The SMILES string of the molecule is c1ccc(-c2ccc(-n3c4ccccc4c4cc(-c5ccc6c(c5)c5ccccc5n6-c5ccc(-n6c(-c7ccc(-c8ncccn8)cc7)nc7ccccc76)cc5)ccc43)cc2)cc1. The lowest BCUT2D eigenvalue weighted by atomic mass is 10.0. The van der Waals surface area contributed by atoms with Crippen LogP contribution in [-0.4, -0.2) is 28.7 Å². The molecule has 0 aliphatic rings. The van der Waals surface area contributed by atoms with Gasteiger partial charge >= 0.3 is 0 Å². The molecular weight excluding hydrogens is 793 g/mol. The lowest BCUT2D eigenvalue weighted by Crippen LogP contribution is -1.99. The van der Waals surface area contributed by atoms with Gasteiger partial charge in [-0.15, -0.1) is 0 Å². The Morgan fingerprint density at radius 3 is 1.31 bits per heavy atom. The van der Waals surface area contributed by atoms with Crippen LogP contribution in [0, 0.1) is 0 Å². The number of rotatable bonds is 7. The van der Waals surface area contributed by atoms with Crippen molar-refractivity contribution < 1.29 is 0 Å². The van der Waals surface area contributed by atoms with E-state index in [1.54, 1.807) is 12.4 Å². The number of fused-ring (bicyclic) bond motifs is 7. The first-order chi connectivity index (χ1) is 32.2. The van der Waals surface area contributed by atoms with Crippen LogP contribution >= 0.6 is 0 Å². The first-order valence-electron chi connectivity index (χ1n) is 21.9. The Hall–Kier alpha value is -8.87. The van der Waals surface area contributed by atoms with E-state index in [-0.39, 0.29) is 0 Å². The highest BCUT2D eigenvalue weighted by Crippen LogP contribution is 2.39. The molecule has 6 heteroatoms. The van der Waals surface area contributed by atoms with Crippen molar-refractivity contribution in [3.63, 3.8) is 0 Å². The normalized spacial score (nSPS) is 11.7. The molecule has 0 unspecified atom stereocenters. The van der Waals surface area contributed by atoms with Crippen molar-refractivity contribution in [1.29, 1.82) is 0 Å². The minimum atomic E-state index is 0.702. The van der Waals surface area contributed by atoms with Gasteiger partial charge < -0.3 is 9.13 Å². The van der Waals surface area contributed by atoms with Gasteiger partial charge in [0.05, 0.1) is 33.1 Å². The Bertz CT molecular complexity index is 3900. The van der Waals surface area contributed by atoms with Gasteiger partial charge in [-0.1, -0.05) is 127 Å². The van der Waals surface area contributed by atoms with Gasteiger partial charge in [0.15, 0.2) is 5.82 Å². The summed E-state index contributed by atoms with van der Waals surface area (Å²) in [6.45, 7) is 0. The highest BCUT2D eigenvalue weighted by molar-refractivity contribution is 6.12. The van der Waals surface area contributed by atoms with Crippen molar-refractivity contribution in [2.24, 2.45) is 0 Å². The van der Waals surface area contributed by atoms with Crippen molar-refractivity contribution in [3.8, 4) is 62.1 Å². The molecule has 0 spiro atoms. The molecule has 0 saturated heterocycles. The summed E-state index contributed by atoms with van der Waals surface area (Å²) in [7, 11) is 0. The second-order valence-corrected chi connectivity index (χ2v) is 16.5. The van der Waals surface area contributed by atoms with Gasteiger partial charge in [0, 0.05) is 62.1 Å². The molecule has 9 aromatic carbocycles. The maximum absolute atomic E-state index is 5.13. The van der Waals surface area contributed by atoms with E-state index in [1.807, 2.05) is 12.1 Å². The van der Waals surface area contributed by atoms with Crippen LogP contribution < -0.4 is 0 Å². The highest BCUT2D eigenvalue weighted by atomic mass is 15.1. The summed E-state index contributed by atoms with van der Waals surface area (Å²) in [6.07, 6.45) is 3.54. The molecule has 0 aliphatic carbocycles. The topological polar surface area (TPSA) is 53.5 Å². The molecule has 0 atom stereocenters. The molecule has 0 saturated carbocycles. The Morgan fingerprint density at radius 1 is 0.277 bits per heavy atom. The molecule has 6 nitrogen and oxygen atoms in total. The Labute approximate surface area is 374 Å². The zero-order valence-corrected chi connectivity index (χ0v) is 35.1. The number of aromatic nitrogens is 6. The maximum atomic E-state index is 5.13. The third kappa shape index (κ3) is 6.07. The predicted octanol–water partition coefficient (Wildman–Crippen LogP) is 14.7. The molecule has 0 amide bonds. The molecule has 0 fully saturated rings. The molecule has 304 valence electrons. The third-order valence-electron chi connectivity index (χ3n) is 12.8. The van der Waals surface area contributed by atoms with Crippen LogP contribution in [0.3, 0.4) is 0 Å². The molecule has 13 aromatic rings. The Morgan fingerprint density at radius 2 is 0.708 bits per heavy atom. The van der Waals surface area contributed by atoms with E-state index in [4.69, 9.17) is 4.98 Å². The van der Waals surface area contributed by atoms with Crippen LogP contribution in [0.1, 0.15) is 0 Å². The highest BCUT2D eigenvalue weighted by Gasteiger charge is 2.18. The van der Waals surface area contributed by atoms with Crippen molar-refractivity contribution in [2.45, 2.75) is 0 Å². The number of para-hydroxylation sites is 4. The first-order valence-corrected chi connectivity index (χ1v) is 21.9. The zero-order valence-electron chi connectivity index (χ0n) is 35.1. The molecule has 4 aromatic heterocycles. The number of benzene rings is 9. The van der Waals surface area contributed by atoms with Crippen LogP contribution in [0.5, 0.6) is 0 Å². The lowest BCUT2D eigenvalue weighted by Gasteiger charge is -2.13. The van der Waals surface area contributed by atoms with E-state index >= 15 is 0 Å². The smallest absolute Gasteiger partial charge is 0.159 e. The number of imidazole rings is 1. The largest absolute Gasteiger partial charge is 0.309 e. The second-order valence-electron chi connectivity index (χ2n) is 16.5. The Balaban J connectivity index is 0.878. The average Bonchev–Trinajstić information content (AvgIpc) is 4.05. The quantitative estimate of drug-likeness (QED) is 0.161. The van der Waals surface area contributed by atoms with Crippen LogP contribution in [-0.2, 0) is 0 Å². The van der Waals surface area contributed by atoms with Crippen molar-refractivity contribution in [2.75, 3.05) is 0 Å². The van der Waals surface area contributed by atoms with Gasteiger partial charge in [0.1, 0.15) is 5.82 Å². The van der Waals surface area contributed by atoms with E-state index in [0.717, 1.165) is 50.6 Å². The second kappa shape index (κ2) is 14.9. The average molecular weight is 831 g/mol. The van der Waals surface area contributed by atoms with Gasteiger partial charge in [-0.25, -0.2) is 15.0 Å². The van der Waals surface area contributed by atoms with Crippen LogP contribution in [0.2, 0.25) is 0 Å². The van der Waals surface area contributed by atoms with Crippen LogP contribution in [0.25, 0.3) is 117 Å². The fourth-order valence-electron chi connectivity index (χ4n) is 9.74. The fourth-order valence-corrected chi connectivity index (χ4v) is 9.74. The van der Waals surface area contributed by atoms with E-state index in [2.05, 4.69) is 230 Å². The van der Waals surface area contributed by atoms with E-state index in [9.17, 15) is 0 Å². The number of hydrogen-bond donors (Lipinski definition) is 0. The standard InChI is InChI=1S/C59H38N6/c1-2-11-39(12-3-1)40-23-27-45(28-24-40)63-53-16-7-4-13-48(53)50-37-43(25-33-55(50)63)44-26-34-56-51(38-44)49-14-5-8-17-54(49)64(56)46-29-31-47(32-30-46)65-57-18-9-6-15-52(57)62-59(65)42-21-19-41(20-22-42)58-60-35-10-36-61-58/h1-38H. The minimum Gasteiger partial charge on any atom is -0.309 e. The lowest BCUT2D eigenvalue weighted by molar-refractivity contribution is 1.09. The first kappa shape index (κ1) is 36.8. The summed E-state index contributed by atoms with van der Waals surface area (Å²) in [5.41, 5.74) is 16.8. The fraction of sp³-hybridized carbons (Fsp3) is 0. The van der Waals surface area contributed by atoms with Crippen molar-refractivity contribution >= 4 is 54.6 Å². The van der Waals surface area contributed by atoms with Gasteiger partial charge in [0.2, 0.25) is 0 Å². The number of nitrogens with zero attached hydrogens (tertiary/aromatic N) is 6. The van der Waals surface area contributed by atoms with Crippen LogP contribution in [0.15, 0.2) is 231 Å². The Kier molecular flexibility index (Phi) is 8.42. The van der Waals surface area contributed by atoms with E-state index < -0.39 is 0 Å². The van der Waals surface area contributed by atoms with Gasteiger partial charge in [0.25, 0.3) is 0 Å². The molecule has 4 heterocycles. The van der Waals surface area contributed by atoms with Gasteiger partial charge in [-0.2, -0.15) is 0 Å². The maximum Gasteiger partial charge on any atom is 0.159 e. The van der Waals surface area contributed by atoms with Crippen molar-refractivity contribution in [3.05, 3.63) is 231 Å². The predicted molar refractivity (Wildman–Crippen MR) is 267 cm³/mol. The summed E-state index contributed by atoms with van der Waals surface area (Å²) < 4.78 is 7.02. The van der Waals surface area contributed by atoms with E-state index in [0.29, 0.717) is 5.82 Å². The summed E-state index contributed by atoms with van der Waals surface area (Å²) in [6, 6.07) is 78.2. The minimum absolute atomic E-state index is 0.702. The third-order valence-corrected chi connectivity index (χ3v) is 12.8. The van der Waals surface area contributed by atoms with Gasteiger partial charge in [-0.3, -0.25) is 4.57 Å². The molecule has 65 heavy (non-hydrogen) atoms. The molecule has 13 rings (SSSR count). The van der Waals surface area contributed by atoms with Gasteiger partial charge in [-0.05, 0) is 113 Å². The molecular formula is C59H38N6. The number of hydrogen-bond acceptors (Lipinski definition) is 3. The monoisotopic (exact) mass is 830 g/mol. The molecule has 0 N–H and O–H groups in total. The molecule has 0 aliphatic heterocycles. The summed E-state index contributed by atoms with van der Waals surface area (Å²) in [4.78, 5) is 14.0. The summed E-state index contributed by atoms with van der Waals surface area (Å²) >= 11 is 0. The summed E-state index contributed by atoms with van der Waals surface area (Å²) in [5, 5.41) is 4.91.